The molecule has 0 saturated carbocycles. The third-order valence-electron chi connectivity index (χ3n) is 3.12. The molecule has 1 aliphatic heterocycles. The highest BCUT2D eigenvalue weighted by Crippen LogP contribution is 2.27. The van der Waals surface area contributed by atoms with Crippen LogP contribution in [0.4, 0.5) is 5.82 Å². The molecule has 1 aliphatic rings. The first kappa shape index (κ1) is 13.9. The van der Waals surface area contributed by atoms with Gasteiger partial charge in [0.1, 0.15) is 11.9 Å². The van der Waals surface area contributed by atoms with Crippen molar-refractivity contribution in [3.63, 3.8) is 0 Å². The molecule has 0 aromatic carbocycles. The first-order valence-electron chi connectivity index (χ1n) is 6.91. The molecular weight excluding hydrogens is 238 g/mol. The summed E-state index contributed by atoms with van der Waals surface area (Å²) in [6.07, 6.45) is 5.79. The molecule has 0 spiro atoms. The Morgan fingerprint density at radius 3 is 2.84 bits per heavy atom. The maximum Gasteiger partial charge on any atom is 0.156 e. The third-order valence-corrected chi connectivity index (χ3v) is 3.12. The molecule has 0 fully saturated rings. The molecule has 2 N–H and O–H groups in total. The van der Waals surface area contributed by atoms with Gasteiger partial charge in [0, 0.05) is 11.6 Å². The zero-order valence-electron chi connectivity index (χ0n) is 12.2. The molecule has 2 rings (SSSR count). The zero-order chi connectivity index (χ0) is 13.9. The van der Waals surface area contributed by atoms with Crippen molar-refractivity contribution in [1.29, 1.82) is 0 Å². The highest BCUT2D eigenvalue weighted by molar-refractivity contribution is 5.77. The van der Waals surface area contributed by atoms with Gasteiger partial charge in [0.2, 0.25) is 0 Å². The van der Waals surface area contributed by atoms with E-state index in [0.29, 0.717) is 0 Å². The Hall–Kier alpha value is -1.49. The number of anilines is 1. The quantitative estimate of drug-likeness (QED) is 0.818. The number of unbranched alkanes of at least 4 members (excludes halogenated alkanes) is 1. The number of nitrogens with one attached hydrogen (secondary N) is 2. The zero-order valence-corrected chi connectivity index (χ0v) is 12.2. The Balaban J connectivity index is 2.18. The van der Waals surface area contributed by atoms with E-state index in [-0.39, 0.29) is 11.6 Å². The Bertz CT molecular complexity index is 461. The number of aliphatic imine (C=N–C) groups is 1. The van der Waals surface area contributed by atoms with Crippen molar-refractivity contribution in [2.45, 2.75) is 52.1 Å². The van der Waals surface area contributed by atoms with Crippen molar-refractivity contribution < 1.29 is 0 Å². The van der Waals surface area contributed by atoms with Crippen LogP contribution in [-0.4, -0.2) is 22.9 Å². The predicted molar refractivity (Wildman–Crippen MR) is 78.5 cm³/mol. The van der Waals surface area contributed by atoms with Gasteiger partial charge in [-0.3, -0.25) is 10.3 Å². The van der Waals surface area contributed by atoms with E-state index >= 15 is 0 Å². The number of fused-ring (bicyclic) bond motifs is 1. The van der Waals surface area contributed by atoms with Gasteiger partial charge in [-0.1, -0.05) is 34.1 Å². The molecule has 0 aliphatic carbocycles. The second-order valence-corrected chi connectivity index (χ2v) is 5.87. The van der Waals surface area contributed by atoms with Gasteiger partial charge in [-0.15, -0.1) is 0 Å². The van der Waals surface area contributed by atoms with Gasteiger partial charge in [-0.05, 0) is 13.0 Å². The third kappa shape index (κ3) is 3.29. The minimum absolute atomic E-state index is 0.00341. The summed E-state index contributed by atoms with van der Waals surface area (Å²) < 4.78 is 0. The number of rotatable bonds is 4. The number of aromatic nitrogens is 2. The molecule has 104 valence electrons. The smallest absolute Gasteiger partial charge is 0.156 e. The maximum atomic E-state index is 4.66. The molecule has 1 aromatic rings. The van der Waals surface area contributed by atoms with Crippen molar-refractivity contribution in [3.8, 4) is 0 Å². The van der Waals surface area contributed by atoms with E-state index in [4.69, 9.17) is 0 Å². The lowest BCUT2D eigenvalue weighted by Gasteiger charge is -2.23. The van der Waals surface area contributed by atoms with Crippen molar-refractivity contribution in [2.24, 2.45) is 4.99 Å². The van der Waals surface area contributed by atoms with Crippen LogP contribution in [-0.2, 0) is 5.41 Å². The van der Waals surface area contributed by atoms with E-state index in [1.54, 1.807) is 6.34 Å². The topological polar surface area (TPSA) is 62.2 Å². The Morgan fingerprint density at radius 1 is 1.37 bits per heavy atom. The van der Waals surface area contributed by atoms with E-state index in [1.165, 1.54) is 6.42 Å². The molecule has 1 atom stereocenters. The minimum Gasteiger partial charge on any atom is -0.330 e. The molecule has 5 nitrogen and oxygen atoms in total. The van der Waals surface area contributed by atoms with E-state index in [2.05, 4.69) is 53.3 Å². The molecule has 19 heavy (non-hydrogen) atoms. The molecule has 0 amide bonds. The second-order valence-electron chi connectivity index (χ2n) is 5.87. The summed E-state index contributed by atoms with van der Waals surface area (Å²) >= 11 is 0. The summed E-state index contributed by atoms with van der Waals surface area (Å²) in [7, 11) is 0. The van der Waals surface area contributed by atoms with Crippen LogP contribution in [0.1, 0.15) is 58.1 Å². The average Bonchev–Trinajstić information content (AvgIpc) is 2.37. The summed E-state index contributed by atoms with van der Waals surface area (Å²) in [5, 5.41) is 6.49. The SMILES string of the molecule is CCCCNC1N=CNc2nc(C(C)(C)C)cnc21. The molecule has 1 unspecified atom stereocenters. The molecular formula is C14H23N5. The standard InChI is InChI=1S/C14H23N5/c1-5-6-7-15-12-11-13(18-9-17-12)19-10(8-16-11)14(2,3)4/h8-9,12,15H,5-7H2,1-4H3,(H,17,18,19). The molecule has 0 bridgehead atoms. The molecule has 5 heteroatoms. The Morgan fingerprint density at radius 2 is 2.16 bits per heavy atom. The lowest BCUT2D eigenvalue weighted by molar-refractivity contribution is 0.518. The van der Waals surface area contributed by atoms with Crippen LogP contribution in [0.25, 0.3) is 0 Å². The van der Waals surface area contributed by atoms with E-state index < -0.39 is 0 Å². The fourth-order valence-corrected chi connectivity index (χ4v) is 1.87. The van der Waals surface area contributed by atoms with Gasteiger partial charge >= 0.3 is 0 Å². The van der Waals surface area contributed by atoms with Gasteiger partial charge in [0.15, 0.2) is 5.82 Å². The monoisotopic (exact) mass is 261 g/mol. The van der Waals surface area contributed by atoms with E-state index in [9.17, 15) is 0 Å². The van der Waals surface area contributed by atoms with E-state index in [1.807, 2.05) is 6.20 Å². The van der Waals surface area contributed by atoms with Gasteiger partial charge in [0.25, 0.3) is 0 Å². The number of hydrogen-bond donors (Lipinski definition) is 2. The summed E-state index contributed by atoms with van der Waals surface area (Å²) in [5.41, 5.74) is 1.87. The van der Waals surface area contributed by atoms with Crippen LogP contribution < -0.4 is 10.6 Å². The summed E-state index contributed by atoms with van der Waals surface area (Å²) in [6.45, 7) is 9.53. The molecule has 0 saturated heterocycles. The van der Waals surface area contributed by atoms with Crippen molar-refractivity contribution in [2.75, 3.05) is 11.9 Å². The molecule has 1 aromatic heterocycles. The first-order chi connectivity index (χ1) is 9.02. The second kappa shape index (κ2) is 5.65. The number of nitrogens with zero attached hydrogens (tertiary/aromatic N) is 3. The van der Waals surface area contributed by atoms with Crippen LogP contribution in [0.2, 0.25) is 0 Å². The lowest BCUT2D eigenvalue weighted by atomic mass is 9.92. The van der Waals surface area contributed by atoms with Gasteiger partial charge < -0.3 is 5.32 Å². The largest absolute Gasteiger partial charge is 0.330 e. The van der Waals surface area contributed by atoms with Crippen molar-refractivity contribution in [1.82, 2.24) is 15.3 Å². The summed E-state index contributed by atoms with van der Waals surface area (Å²) in [5.74, 6) is 0.816. The fraction of sp³-hybridized carbons (Fsp3) is 0.643. The normalized spacial score (nSPS) is 18.0. The maximum absolute atomic E-state index is 4.66. The minimum atomic E-state index is -0.0793. The lowest BCUT2D eigenvalue weighted by Crippen LogP contribution is -2.27. The van der Waals surface area contributed by atoms with Crippen LogP contribution in [0.3, 0.4) is 0 Å². The van der Waals surface area contributed by atoms with Crippen LogP contribution in [0, 0.1) is 0 Å². The van der Waals surface area contributed by atoms with Gasteiger partial charge in [-0.25, -0.2) is 9.98 Å². The Kier molecular flexibility index (Phi) is 4.14. The highest BCUT2D eigenvalue weighted by atomic mass is 15.2. The predicted octanol–water partition coefficient (Wildman–Crippen LogP) is 2.62. The average molecular weight is 261 g/mol. The summed E-state index contributed by atoms with van der Waals surface area (Å²) in [6, 6.07) is 0. The van der Waals surface area contributed by atoms with Crippen LogP contribution >= 0.6 is 0 Å². The molecule has 0 radical (unpaired) electrons. The van der Waals surface area contributed by atoms with Crippen molar-refractivity contribution >= 4 is 12.2 Å². The van der Waals surface area contributed by atoms with Crippen LogP contribution in [0.15, 0.2) is 11.2 Å². The first-order valence-corrected chi connectivity index (χ1v) is 6.91. The van der Waals surface area contributed by atoms with Crippen LogP contribution in [0.5, 0.6) is 0 Å². The number of hydrogen-bond acceptors (Lipinski definition) is 5. The Labute approximate surface area is 115 Å². The van der Waals surface area contributed by atoms with E-state index in [0.717, 1.165) is 30.2 Å². The highest BCUT2D eigenvalue weighted by Gasteiger charge is 2.23. The van der Waals surface area contributed by atoms with Gasteiger partial charge in [-0.2, -0.15) is 0 Å². The van der Waals surface area contributed by atoms with Crippen molar-refractivity contribution in [3.05, 3.63) is 17.6 Å². The van der Waals surface area contributed by atoms with Gasteiger partial charge in [0.05, 0.1) is 12.0 Å². The summed E-state index contributed by atoms with van der Waals surface area (Å²) in [4.78, 5) is 13.6. The molecule has 2 heterocycles. The fourth-order valence-electron chi connectivity index (χ4n) is 1.87.